The normalized spacial score (nSPS) is 15.9. The predicted octanol–water partition coefficient (Wildman–Crippen LogP) is 2.68. The monoisotopic (exact) mass is 201 g/mol. The summed E-state index contributed by atoms with van der Waals surface area (Å²) in [5.74, 6) is 1.47. The van der Waals surface area contributed by atoms with Crippen molar-refractivity contribution in [2.24, 2.45) is 11.8 Å². The van der Waals surface area contributed by atoms with Crippen molar-refractivity contribution in [3.63, 3.8) is 0 Å². The summed E-state index contributed by atoms with van der Waals surface area (Å²) < 4.78 is 5.12. The lowest BCUT2D eigenvalue weighted by Crippen LogP contribution is -2.36. The summed E-state index contributed by atoms with van der Waals surface area (Å²) in [7, 11) is 1.78. The highest BCUT2D eigenvalue weighted by atomic mass is 16.5. The molecule has 0 radical (unpaired) electrons. The molecular weight excluding hydrogens is 174 g/mol. The number of hydrogen-bond donors (Lipinski definition) is 1. The maximum atomic E-state index is 5.12. The van der Waals surface area contributed by atoms with Gasteiger partial charge < -0.3 is 10.1 Å². The average molecular weight is 201 g/mol. The first kappa shape index (κ1) is 13.9. The molecule has 14 heavy (non-hydrogen) atoms. The largest absolute Gasteiger partial charge is 0.385 e. The van der Waals surface area contributed by atoms with Gasteiger partial charge in [0.25, 0.3) is 0 Å². The van der Waals surface area contributed by atoms with Crippen LogP contribution in [0.4, 0.5) is 0 Å². The Balaban J connectivity index is 3.90. The molecule has 0 aliphatic carbocycles. The summed E-state index contributed by atoms with van der Waals surface area (Å²) in [5.41, 5.74) is 0. The van der Waals surface area contributed by atoms with Gasteiger partial charge in [0.05, 0.1) is 0 Å². The van der Waals surface area contributed by atoms with Crippen molar-refractivity contribution in [2.45, 2.75) is 46.6 Å². The lowest BCUT2D eigenvalue weighted by Gasteiger charge is -2.26. The van der Waals surface area contributed by atoms with E-state index in [1.54, 1.807) is 7.11 Å². The molecule has 0 aliphatic rings. The van der Waals surface area contributed by atoms with Gasteiger partial charge in [0.1, 0.15) is 0 Å². The molecule has 0 fully saturated rings. The lowest BCUT2D eigenvalue weighted by molar-refractivity contribution is 0.166. The molecule has 2 heteroatoms. The summed E-state index contributed by atoms with van der Waals surface area (Å²) in [6.45, 7) is 11.0. The van der Waals surface area contributed by atoms with Crippen LogP contribution in [0.15, 0.2) is 0 Å². The van der Waals surface area contributed by atoms with Gasteiger partial charge in [0.2, 0.25) is 0 Å². The van der Waals surface area contributed by atoms with Crippen molar-refractivity contribution >= 4 is 0 Å². The first-order valence-electron chi connectivity index (χ1n) is 5.84. The number of nitrogens with one attached hydrogen (secondary N) is 1. The Bertz CT molecular complexity index is 125. The maximum absolute atomic E-state index is 5.12. The van der Waals surface area contributed by atoms with E-state index in [4.69, 9.17) is 4.74 Å². The van der Waals surface area contributed by atoms with Crippen LogP contribution in [-0.2, 0) is 4.74 Å². The van der Waals surface area contributed by atoms with Crippen molar-refractivity contribution < 1.29 is 4.74 Å². The van der Waals surface area contributed by atoms with Crippen molar-refractivity contribution in [1.82, 2.24) is 5.32 Å². The molecule has 1 N–H and O–H groups in total. The topological polar surface area (TPSA) is 21.3 Å². The van der Waals surface area contributed by atoms with Gasteiger partial charge in [-0.15, -0.1) is 0 Å². The van der Waals surface area contributed by atoms with Crippen molar-refractivity contribution in [3.05, 3.63) is 0 Å². The molecule has 86 valence electrons. The SMILES string of the molecule is CCNC(CC(C)C)C(C)CCOC. The van der Waals surface area contributed by atoms with E-state index in [2.05, 4.69) is 33.0 Å². The maximum Gasteiger partial charge on any atom is 0.0465 e. The Morgan fingerprint density at radius 3 is 2.29 bits per heavy atom. The quantitative estimate of drug-likeness (QED) is 0.652. The fourth-order valence-electron chi connectivity index (χ4n) is 1.79. The molecular formula is C12H27NO. The number of methoxy groups -OCH3 is 1. The first-order chi connectivity index (χ1) is 6.61. The van der Waals surface area contributed by atoms with Gasteiger partial charge in [-0.3, -0.25) is 0 Å². The van der Waals surface area contributed by atoms with Gasteiger partial charge in [-0.2, -0.15) is 0 Å². The molecule has 0 rings (SSSR count). The summed E-state index contributed by atoms with van der Waals surface area (Å²) in [5, 5.41) is 3.57. The summed E-state index contributed by atoms with van der Waals surface area (Å²) in [6.07, 6.45) is 2.42. The molecule has 0 saturated heterocycles. The summed E-state index contributed by atoms with van der Waals surface area (Å²) >= 11 is 0. The van der Waals surface area contributed by atoms with E-state index in [1.807, 2.05) is 0 Å². The van der Waals surface area contributed by atoms with Gasteiger partial charge in [-0.1, -0.05) is 27.7 Å². The number of ether oxygens (including phenoxy) is 1. The van der Waals surface area contributed by atoms with Gasteiger partial charge in [0.15, 0.2) is 0 Å². The Morgan fingerprint density at radius 1 is 1.21 bits per heavy atom. The lowest BCUT2D eigenvalue weighted by atomic mass is 9.91. The molecule has 0 bridgehead atoms. The zero-order valence-electron chi connectivity index (χ0n) is 10.5. The minimum Gasteiger partial charge on any atom is -0.385 e. The summed E-state index contributed by atoms with van der Waals surface area (Å²) in [6, 6.07) is 0.648. The molecule has 0 saturated carbocycles. The van der Waals surface area contributed by atoms with Gasteiger partial charge in [-0.05, 0) is 31.2 Å². The minimum atomic E-state index is 0.648. The predicted molar refractivity (Wildman–Crippen MR) is 62.6 cm³/mol. The van der Waals surface area contributed by atoms with E-state index in [0.717, 1.165) is 25.5 Å². The van der Waals surface area contributed by atoms with Crippen molar-refractivity contribution in [2.75, 3.05) is 20.3 Å². The Hall–Kier alpha value is -0.0800. The number of rotatable bonds is 8. The standard InChI is InChI=1S/C12H27NO/c1-6-13-12(9-10(2)3)11(4)7-8-14-5/h10-13H,6-9H2,1-5H3. The van der Waals surface area contributed by atoms with Crippen LogP contribution in [-0.4, -0.2) is 26.3 Å². The van der Waals surface area contributed by atoms with Crippen LogP contribution >= 0.6 is 0 Å². The van der Waals surface area contributed by atoms with Crippen molar-refractivity contribution in [3.8, 4) is 0 Å². The summed E-state index contributed by atoms with van der Waals surface area (Å²) in [4.78, 5) is 0. The third kappa shape index (κ3) is 6.39. The van der Waals surface area contributed by atoms with Crippen LogP contribution in [0, 0.1) is 11.8 Å². The fraction of sp³-hybridized carbons (Fsp3) is 1.00. The zero-order chi connectivity index (χ0) is 11.0. The highest BCUT2D eigenvalue weighted by molar-refractivity contribution is 4.74. The molecule has 0 spiro atoms. The Morgan fingerprint density at radius 2 is 1.86 bits per heavy atom. The van der Waals surface area contributed by atoms with Crippen LogP contribution in [0.3, 0.4) is 0 Å². The fourth-order valence-corrected chi connectivity index (χ4v) is 1.79. The van der Waals surface area contributed by atoms with Crippen LogP contribution < -0.4 is 5.32 Å². The van der Waals surface area contributed by atoms with Crippen LogP contribution in [0.2, 0.25) is 0 Å². The molecule has 0 amide bonds. The second kappa shape index (κ2) is 8.25. The third-order valence-electron chi connectivity index (χ3n) is 2.66. The van der Waals surface area contributed by atoms with Crippen LogP contribution in [0.25, 0.3) is 0 Å². The van der Waals surface area contributed by atoms with Gasteiger partial charge >= 0.3 is 0 Å². The van der Waals surface area contributed by atoms with E-state index in [0.29, 0.717) is 12.0 Å². The molecule has 0 aromatic rings. The Kier molecular flexibility index (Phi) is 8.20. The van der Waals surface area contributed by atoms with E-state index in [-0.39, 0.29) is 0 Å². The van der Waals surface area contributed by atoms with Gasteiger partial charge in [-0.25, -0.2) is 0 Å². The molecule has 2 unspecified atom stereocenters. The first-order valence-corrected chi connectivity index (χ1v) is 5.84. The Labute approximate surface area is 89.4 Å². The smallest absolute Gasteiger partial charge is 0.0465 e. The second-order valence-corrected chi connectivity index (χ2v) is 4.55. The second-order valence-electron chi connectivity index (χ2n) is 4.55. The zero-order valence-corrected chi connectivity index (χ0v) is 10.5. The van der Waals surface area contributed by atoms with E-state index in [1.165, 1.54) is 6.42 Å². The van der Waals surface area contributed by atoms with Crippen LogP contribution in [0.5, 0.6) is 0 Å². The molecule has 2 nitrogen and oxygen atoms in total. The van der Waals surface area contributed by atoms with E-state index in [9.17, 15) is 0 Å². The van der Waals surface area contributed by atoms with Gasteiger partial charge in [0, 0.05) is 19.8 Å². The average Bonchev–Trinajstić information content (AvgIpc) is 2.13. The third-order valence-corrected chi connectivity index (χ3v) is 2.66. The number of hydrogen-bond acceptors (Lipinski definition) is 2. The van der Waals surface area contributed by atoms with E-state index >= 15 is 0 Å². The molecule has 0 heterocycles. The highest BCUT2D eigenvalue weighted by Crippen LogP contribution is 2.16. The van der Waals surface area contributed by atoms with Crippen molar-refractivity contribution in [1.29, 1.82) is 0 Å². The van der Waals surface area contributed by atoms with E-state index < -0.39 is 0 Å². The molecule has 0 aliphatic heterocycles. The highest BCUT2D eigenvalue weighted by Gasteiger charge is 2.16. The molecule has 0 aromatic carbocycles. The minimum absolute atomic E-state index is 0.648. The molecule has 2 atom stereocenters. The van der Waals surface area contributed by atoms with Crippen LogP contribution in [0.1, 0.15) is 40.5 Å². The molecule has 0 aromatic heterocycles.